The van der Waals surface area contributed by atoms with Crippen LogP contribution in [0.5, 0.6) is 5.75 Å². The topological polar surface area (TPSA) is 47.7 Å². The summed E-state index contributed by atoms with van der Waals surface area (Å²) in [6.45, 7) is 3.00. The van der Waals surface area contributed by atoms with Gasteiger partial charge in [0.15, 0.2) is 6.79 Å². The van der Waals surface area contributed by atoms with E-state index in [9.17, 15) is 0 Å². The number of anilines is 1. The molecule has 0 radical (unpaired) electrons. The second-order valence-corrected chi connectivity index (χ2v) is 5.42. The molecule has 18 heavy (non-hydrogen) atoms. The van der Waals surface area contributed by atoms with Crippen molar-refractivity contribution in [2.75, 3.05) is 26.1 Å². The van der Waals surface area contributed by atoms with E-state index in [1.807, 2.05) is 12.1 Å². The third-order valence-electron chi connectivity index (χ3n) is 3.52. The summed E-state index contributed by atoms with van der Waals surface area (Å²) >= 11 is 0. The van der Waals surface area contributed by atoms with Crippen LogP contribution in [-0.4, -0.2) is 25.3 Å². The molecule has 0 aromatic heterocycles. The molecule has 0 unspecified atom stereocenters. The minimum absolute atomic E-state index is 0.344. The number of fused-ring (bicyclic) bond motifs is 1. The van der Waals surface area contributed by atoms with E-state index >= 15 is 0 Å². The van der Waals surface area contributed by atoms with Gasteiger partial charge in [0.05, 0.1) is 6.61 Å². The molecule has 0 saturated heterocycles. The van der Waals surface area contributed by atoms with Crippen molar-refractivity contribution >= 4 is 5.69 Å². The van der Waals surface area contributed by atoms with Crippen LogP contribution in [0, 0.1) is 5.92 Å². The van der Waals surface area contributed by atoms with E-state index in [0.29, 0.717) is 13.4 Å². The van der Waals surface area contributed by atoms with Crippen LogP contribution in [-0.2, 0) is 17.9 Å². The Labute approximate surface area is 108 Å². The lowest BCUT2D eigenvalue weighted by molar-refractivity contribution is -0.0173. The third kappa shape index (κ3) is 2.60. The zero-order valence-corrected chi connectivity index (χ0v) is 10.8. The molecule has 3 rings (SSSR count). The van der Waals surface area contributed by atoms with E-state index < -0.39 is 0 Å². The first-order valence-electron chi connectivity index (χ1n) is 6.53. The van der Waals surface area contributed by atoms with Crippen LogP contribution in [0.25, 0.3) is 0 Å². The van der Waals surface area contributed by atoms with E-state index in [1.165, 1.54) is 24.9 Å². The second-order valence-electron chi connectivity index (χ2n) is 5.42. The first-order valence-corrected chi connectivity index (χ1v) is 6.53. The summed E-state index contributed by atoms with van der Waals surface area (Å²) in [6, 6.07) is 3.96. The summed E-state index contributed by atoms with van der Waals surface area (Å²) < 4.78 is 10.9. The summed E-state index contributed by atoms with van der Waals surface area (Å²) in [5.41, 5.74) is 8.97. The summed E-state index contributed by atoms with van der Waals surface area (Å²) in [6.07, 6.45) is 2.76. The molecule has 1 heterocycles. The minimum Gasteiger partial charge on any atom is -0.467 e. The number of hydrogen-bond acceptors (Lipinski definition) is 4. The van der Waals surface area contributed by atoms with Crippen molar-refractivity contribution in [2.24, 2.45) is 5.92 Å². The van der Waals surface area contributed by atoms with Crippen LogP contribution < -0.4 is 10.5 Å². The largest absolute Gasteiger partial charge is 0.467 e. The Kier molecular flexibility index (Phi) is 3.14. The van der Waals surface area contributed by atoms with Crippen LogP contribution in [0.2, 0.25) is 0 Å². The minimum atomic E-state index is 0.344. The van der Waals surface area contributed by atoms with Gasteiger partial charge in [0.2, 0.25) is 0 Å². The van der Waals surface area contributed by atoms with Crippen molar-refractivity contribution in [3.63, 3.8) is 0 Å². The van der Waals surface area contributed by atoms with Gasteiger partial charge in [0.25, 0.3) is 0 Å². The van der Waals surface area contributed by atoms with Crippen molar-refractivity contribution in [3.8, 4) is 5.75 Å². The van der Waals surface area contributed by atoms with Crippen molar-refractivity contribution in [1.82, 2.24) is 4.90 Å². The number of benzene rings is 1. The molecular formula is C14H20N2O2. The Morgan fingerprint density at radius 1 is 1.39 bits per heavy atom. The molecule has 2 aliphatic rings. The molecule has 0 bridgehead atoms. The summed E-state index contributed by atoms with van der Waals surface area (Å²) in [4.78, 5) is 2.35. The lowest BCUT2D eigenvalue weighted by atomic mass is 10.1. The lowest BCUT2D eigenvalue weighted by Crippen LogP contribution is -2.22. The van der Waals surface area contributed by atoms with Gasteiger partial charge in [-0.15, -0.1) is 0 Å². The molecule has 1 aliphatic carbocycles. The Morgan fingerprint density at radius 3 is 3.00 bits per heavy atom. The Balaban J connectivity index is 1.78. The zero-order chi connectivity index (χ0) is 12.5. The average Bonchev–Trinajstić information content (AvgIpc) is 3.12. The smallest absolute Gasteiger partial charge is 0.189 e. The highest BCUT2D eigenvalue weighted by Gasteiger charge is 2.24. The molecule has 2 N–H and O–H groups in total. The molecule has 4 heteroatoms. The van der Waals surface area contributed by atoms with Gasteiger partial charge in [-0.1, -0.05) is 0 Å². The molecule has 1 aromatic carbocycles. The second kappa shape index (κ2) is 4.78. The number of nitrogen functional groups attached to an aromatic ring is 1. The highest BCUT2D eigenvalue weighted by atomic mass is 16.7. The van der Waals surface area contributed by atoms with Crippen molar-refractivity contribution in [3.05, 3.63) is 23.3 Å². The Hall–Kier alpha value is -1.26. The predicted molar refractivity (Wildman–Crippen MR) is 70.2 cm³/mol. The van der Waals surface area contributed by atoms with Crippen molar-refractivity contribution < 1.29 is 9.47 Å². The first kappa shape index (κ1) is 11.8. The fraction of sp³-hybridized carbons (Fsp3) is 0.571. The number of rotatable bonds is 4. The maximum atomic E-state index is 5.94. The van der Waals surface area contributed by atoms with Crippen LogP contribution in [0.15, 0.2) is 12.1 Å². The quantitative estimate of drug-likeness (QED) is 0.828. The van der Waals surface area contributed by atoms with E-state index in [4.69, 9.17) is 15.2 Å². The Morgan fingerprint density at radius 2 is 2.22 bits per heavy atom. The monoisotopic (exact) mass is 248 g/mol. The van der Waals surface area contributed by atoms with Gasteiger partial charge in [-0.25, -0.2) is 0 Å². The summed E-state index contributed by atoms with van der Waals surface area (Å²) in [5.74, 6) is 1.87. The fourth-order valence-electron chi connectivity index (χ4n) is 2.54. The van der Waals surface area contributed by atoms with Gasteiger partial charge in [-0.3, -0.25) is 0 Å². The van der Waals surface area contributed by atoms with Crippen molar-refractivity contribution in [1.29, 1.82) is 0 Å². The molecular weight excluding hydrogens is 228 g/mol. The van der Waals surface area contributed by atoms with Crippen LogP contribution in [0.3, 0.4) is 0 Å². The van der Waals surface area contributed by atoms with Crippen LogP contribution in [0.4, 0.5) is 5.69 Å². The standard InChI is InChI=1S/C14H20N2O2/c1-16(6-10-2-3-10)7-11-4-13(15)5-12-8-17-9-18-14(11)12/h4-5,10H,2-3,6-9,15H2,1H3. The van der Waals surface area contributed by atoms with E-state index in [-0.39, 0.29) is 0 Å². The molecule has 0 amide bonds. The van der Waals surface area contributed by atoms with Gasteiger partial charge in [0, 0.05) is 29.9 Å². The van der Waals surface area contributed by atoms with E-state index in [1.54, 1.807) is 0 Å². The number of hydrogen-bond donors (Lipinski definition) is 1. The molecule has 0 spiro atoms. The molecule has 1 saturated carbocycles. The van der Waals surface area contributed by atoms with Gasteiger partial charge in [-0.05, 0) is 37.9 Å². The normalized spacial score (nSPS) is 18.6. The van der Waals surface area contributed by atoms with E-state index in [2.05, 4.69) is 11.9 Å². The lowest BCUT2D eigenvalue weighted by Gasteiger charge is -2.24. The first-order chi connectivity index (χ1) is 8.72. The van der Waals surface area contributed by atoms with Crippen LogP contribution in [0.1, 0.15) is 24.0 Å². The SMILES string of the molecule is CN(Cc1cc(N)cc2c1OCOC2)CC1CC1. The van der Waals surface area contributed by atoms with Gasteiger partial charge >= 0.3 is 0 Å². The Bertz CT molecular complexity index is 444. The number of nitrogens with zero attached hydrogens (tertiary/aromatic N) is 1. The molecule has 1 fully saturated rings. The summed E-state index contributed by atoms with van der Waals surface area (Å²) in [5, 5.41) is 0. The zero-order valence-electron chi connectivity index (χ0n) is 10.8. The van der Waals surface area contributed by atoms with E-state index in [0.717, 1.165) is 29.5 Å². The van der Waals surface area contributed by atoms with Gasteiger partial charge in [-0.2, -0.15) is 0 Å². The van der Waals surface area contributed by atoms with Gasteiger partial charge < -0.3 is 20.1 Å². The molecule has 1 aromatic rings. The number of nitrogens with two attached hydrogens (primary N) is 1. The third-order valence-corrected chi connectivity index (χ3v) is 3.52. The summed E-state index contributed by atoms with van der Waals surface area (Å²) in [7, 11) is 2.16. The molecule has 4 nitrogen and oxygen atoms in total. The van der Waals surface area contributed by atoms with Gasteiger partial charge in [0.1, 0.15) is 5.75 Å². The number of ether oxygens (including phenoxy) is 2. The fourth-order valence-corrected chi connectivity index (χ4v) is 2.54. The highest BCUT2D eigenvalue weighted by Crippen LogP contribution is 2.33. The maximum absolute atomic E-state index is 5.94. The molecule has 98 valence electrons. The molecule has 0 atom stereocenters. The predicted octanol–water partition coefficient (Wildman–Crippen LogP) is 1.98. The highest BCUT2D eigenvalue weighted by molar-refractivity contribution is 5.53. The van der Waals surface area contributed by atoms with Crippen molar-refractivity contribution in [2.45, 2.75) is 26.0 Å². The van der Waals surface area contributed by atoms with Crippen LogP contribution >= 0.6 is 0 Å². The maximum Gasteiger partial charge on any atom is 0.189 e. The average molecular weight is 248 g/mol. The molecule has 1 aliphatic heterocycles.